The molecular formula is C19H21N3OS. The van der Waals surface area contributed by atoms with E-state index in [1.807, 2.05) is 19.1 Å². The Morgan fingerprint density at radius 3 is 2.54 bits per heavy atom. The van der Waals surface area contributed by atoms with Crippen molar-refractivity contribution in [3.8, 4) is 23.1 Å². The molecule has 0 aliphatic heterocycles. The van der Waals surface area contributed by atoms with Crippen LogP contribution in [-0.2, 0) is 11.8 Å². The minimum Gasteiger partial charge on any atom is -0.494 e. The van der Waals surface area contributed by atoms with E-state index in [0.29, 0.717) is 13.0 Å². The van der Waals surface area contributed by atoms with Crippen molar-refractivity contribution in [3.05, 3.63) is 41.0 Å². The molecule has 0 fully saturated rings. The lowest BCUT2D eigenvalue weighted by molar-refractivity contribution is 0.340. The molecule has 24 heavy (non-hydrogen) atoms. The minimum atomic E-state index is -0.0893. The highest BCUT2D eigenvalue weighted by Crippen LogP contribution is 2.34. The molecule has 0 saturated carbocycles. The summed E-state index contributed by atoms with van der Waals surface area (Å²) in [6.45, 7) is 9.04. The summed E-state index contributed by atoms with van der Waals surface area (Å²) in [5, 5.41) is 11.4. The van der Waals surface area contributed by atoms with Gasteiger partial charge in [0.1, 0.15) is 5.75 Å². The van der Waals surface area contributed by atoms with Gasteiger partial charge in [-0.1, -0.05) is 20.8 Å². The van der Waals surface area contributed by atoms with Crippen LogP contribution >= 0.6 is 11.3 Å². The Balaban J connectivity index is 2.15. The van der Waals surface area contributed by atoms with E-state index in [0.717, 1.165) is 33.4 Å². The van der Waals surface area contributed by atoms with Crippen molar-refractivity contribution in [1.29, 1.82) is 5.26 Å². The Hall–Kier alpha value is -2.32. The molecule has 0 unspecified atom stereocenters. The molecule has 0 aliphatic carbocycles. The molecule has 0 atom stereocenters. The Bertz CT molecular complexity index is 892. The van der Waals surface area contributed by atoms with E-state index >= 15 is 0 Å². The van der Waals surface area contributed by atoms with Crippen molar-refractivity contribution < 1.29 is 4.74 Å². The Morgan fingerprint density at radius 1 is 1.25 bits per heavy atom. The molecule has 5 heteroatoms. The van der Waals surface area contributed by atoms with Gasteiger partial charge >= 0.3 is 0 Å². The lowest BCUT2D eigenvalue weighted by Crippen LogP contribution is -2.15. The molecular weight excluding hydrogens is 318 g/mol. The van der Waals surface area contributed by atoms with Gasteiger partial charge in [0.2, 0.25) is 0 Å². The number of nitrogens with zero attached hydrogens (tertiary/aromatic N) is 3. The molecule has 0 spiro atoms. The van der Waals surface area contributed by atoms with E-state index in [4.69, 9.17) is 9.72 Å². The Morgan fingerprint density at radius 2 is 1.96 bits per heavy atom. The zero-order valence-corrected chi connectivity index (χ0v) is 15.3. The third kappa shape index (κ3) is 2.90. The van der Waals surface area contributed by atoms with Gasteiger partial charge in [-0.3, -0.25) is 4.40 Å². The number of nitriles is 1. The standard InChI is InChI=1S/C19H21N3OS/c1-5-23-14-8-6-13(7-9-14)16-12-24-18-21-17(19(2,3)4)15(10-11-20)22(16)18/h6-9,12H,5,10H2,1-4H3. The summed E-state index contributed by atoms with van der Waals surface area (Å²) in [4.78, 5) is 5.74. The summed E-state index contributed by atoms with van der Waals surface area (Å²) in [5.41, 5.74) is 4.08. The predicted octanol–water partition coefficient (Wildman–Crippen LogP) is 4.83. The Labute approximate surface area is 146 Å². The van der Waals surface area contributed by atoms with Gasteiger partial charge in [0.15, 0.2) is 4.96 Å². The summed E-state index contributed by atoms with van der Waals surface area (Å²) in [6, 6.07) is 10.4. The van der Waals surface area contributed by atoms with Crippen molar-refractivity contribution in [2.75, 3.05) is 6.61 Å². The van der Waals surface area contributed by atoms with Crippen molar-refractivity contribution in [2.24, 2.45) is 0 Å². The summed E-state index contributed by atoms with van der Waals surface area (Å²) in [5.74, 6) is 0.867. The molecule has 2 aromatic heterocycles. The fourth-order valence-electron chi connectivity index (χ4n) is 2.84. The average Bonchev–Trinajstić information content (AvgIpc) is 3.09. The number of imidazole rings is 1. The van der Waals surface area contributed by atoms with Gasteiger partial charge in [0.25, 0.3) is 0 Å². The maximum atomic E-state index is 9.28. The number of benzene rings is 1. The number of fused-ring (bicyclic) bond motifs is 1. The molecule has 0 saturated heterocycles. The second-order valence-corrected chi connectivity index (χ2v) is 7.52. The highest BCUT2D eigenvalue weighted by Gasteiger charge is 2.25. The van der Waals surface area contributed by atoms with Gasteiger partial charge in [0, 0.05) is 10.8 Å². The van der Waals surface area contributed by atoms with Crippen LogP contribution in [0.3, 0.4) is 0 Å². The third-order valence-corrected chi connectivity index (χ3v) is 4.70. The molecule has 1 aromatic carbocycles. The Kier molecular flexibility index (Phi) is 4.33. The number of rotatable bonds is 4. The maximum absolute atomic E-state index is 9.28. The third-order valence-electron chi connectivity index (χ3n) is 3.88. The van der Waals surface area contributed by atoms with Gasteiger partial charge < -0.3 is 4.74 Å². The lowest BCUT2D eigenvalue weighted by atomic mass is 9.90. The minimum absolute atomic E-state index is 0.0893. The molecule has 3 rings (SSSR count). The second kappa shape index (κ2) is 6.29. The fourth-order valence-corrected chi connectivity index (χ4v) is 3.76. The van der Waals surface area contributed by atoms with Gasteiger partial charge in [-0.05, 0) is 36.8 Å². The van der Waals surface area contributed by atoms with E-state index in [1.165, 1.54) is 0 Å². The van der Waals surface area contributed by atoms with Crippen molar-refractivity contribution in [2.45, 2.75) is 39.5 Å². The van der Waals surface area contributed by atoms with Gasteiger partial charge in [0.05, 0.1) is 36.2 Å². The molecule has 0 amide bonds. The highest BCUT2D eigenvalue weighted by molar-refractivity contribution is 7.15. The van der Waals surface area contributed by atoms with E-state index in [-0.39, 0.29) is 5.41 Å². The van der Waals surface area contributed by atoms with Crippen LogP contribution in [0.15, 0.2) is 29.6 Å². The zero-order chi connectivity index (χ0) is 17.3. The van der Waals surface area contributed by atoms with Crippen LogP contribution in [0.5, 0.6) is 5.75 Å². The zero-order valence-electron chi connectivity index (χ0n) is 14.5. The average molecular weight is 339 g/mol. The van der Waals surface area contributed by atoms with Crippen molar-refractivity contribution in [1.82, 2.24) is 9.38 Å². The molecule has 0 aliphatic rings. The van der Waals surface area contributed by atoms with Crippen LogP contribution in [-0.4, -0.2) is 16.0 Å². The SMILES string of the molecule is CCOc1ccc(-c2csc3nc(C(C)(C)C)c(CC#N)n23)cc1. The summed E-state index contributed by atoms with van der Waals surface area (Å²) < 4.78 is 7.65. The maximum Gasteiger partial charge on any atom is 0.194 e. The topological polar surface area (TPSA) is 50.3 Å². The summed E-state index contributed by atoms with van der Waals surface area (Å²) >= 11 is 1.61. The molecule has 124 valence electrons. The fraction of sp³-hybridized carbons (Fsp3) is 0.368. The number of hydrogen-bond acceptors (Lipinski definition) is 4. The van der Waals surface area contributed by atoms with Crippen LogP contribution in [0.25, 0.3) is 16.2 Å². The molecule has 0 bridgehead atoms. The first kappa shape index (κ1) is 16.5. The molecule has 0 radical (unpaired) electrons. The second-order valence-electron chi connectivity index (χ2n) is 6.69. The van der Waals surface area contributed by atoms with Crippen LogP contribution in [0.4, 0.5) is 0 Å². The normalized spacial score (nSPS) is 11.6. The number of ether oxygens (including phenoxy) is 1. The van der Waals surface area contributed by atoms with Crippen molar-refractivity contribution in [3.63, 3.8) is 0 Å². The quantitative estimate of drug-likeness (QED) is 0.684. The van der Waals surface area contributed by atoms with Crippen LogP contribution < -0.4 is 4.74 Å². The smallest absolute Gasteiger partial charge is 0.194 e. The van der Waals surface area contributed by atoms with E-state index in [1.54, 1.807) is 11.3 Å². The van der Waals surface area contributed by atoms with E-state index in [9.17, 15) is 5.26 Å². The molecule has 3 aromatic rings. The lowest BCUT2D eigenvalue weighted by Gasteiger charge is -2.17. The largest absolute Gasteiger partial charge is 0.494 e. The predicted molar refractivity (Wildman–Crippen MR) is 97.7 cm³/mol. The first-order chi connectivity index (χ1) is 11.5. The number of aromatic nitrogens is 2. The summed E-state index contributed by atoms with van der Waals surface area (Å²) in [6.07, 6.45) is 0.356. The van der Waals surface area contributed by atoms with E-state index < -0.39 is 0 Å². The van der Waals surface area contributed by atoms with Gasteiger partial charge in [-0.25, -0.2) is 4.98 Å². The molecule has 2 heterocycles. The first-order valence-electron chi connectivity index (χ1n) is 8.05. The van der Waals surface area contributed by atoms with Gasteiger partial charge in [-0.2, -0.15) is 5.26 Å². The monoisotopic (exact) mass is 339 g/mol. The van der Waals surface area contributed by atoms with Crippen LogP contribution in [0.1, 0.15) is 39.1 Å². The van der Waals surface area contributed by atoms with Crippen molar-refractivity contribution >= 4 is 16.3 Å². The highest BCUT2D eigenvalue weighted by atomic mass is 32.1. The van der Waals surface area contributed by atoms with Crippen LogP contribution in [0.2, 0.25) is 0 Å². The molecule has 4 nitrogen and oxygen atoms in total. The number of hydrogen-bond donors (Lipinski definition) is 0. The number of thiazole rings is 1. The molecule has 0 N–H and O–H groups in total. The van der Waals surface area contributed by atoms with Gasteiger partial charge in [-0.15, -0.1) is 11.3 Å². The summed E-state index contributed by atoms with van der Waals surface area (Å²) in [7, 11) is 0. The first-order valence-corrected chi connectivity index (χ1v) is 8.93. The van der Waals surface area contributed by atoms with Crippen LogP contribution in [0, 0.1) is 11.3 Å². The van der Waals surface area contributed by atoms with E-state index in [2.05, 4.69) is 48.8 Å².